The molecule has 0 radical (unpaired) electrons. The molecule has 1 aromatic heterocycles. The Kier molecular flexibility index (Phi) is 4.92. The summed E-state index contributed by atoms with van der Waals surface area (Å²) in [7, 11) is 0. The summed E-state index contributed by atoms with van der Waals surface area (Å²) in [5.74, 6) is 0.980. The van der Waals surface area contributed by atoms with Crippen molar-refractivity contribution in [1.82, 2.24) is 5.32 Å². The van der Waals surface area contributed by atoms with Gasteiger partial charge < -0.3 is 9.73 Å². The van der Waals surface area contributed by atoms with E-state index < -0.39 is 0 Å². The Morgan fingerprint density at radius 2 is 2.00 bits per heavy atom. The predicted octanol–water partition coefficient (Wildman–Crippen LogP) is 4.79. The van der Waals surface area contributed by atoms with Crippen LogP contribution in [0, 0.1) is 6.92 Å². The van der Waals surface area contributed by atoms with Crippen molar-refractivity contribution >= 4 is 23.2 Å². The first-order valence-electron chi connectivity index (χ1n) is 6.33. The molecule has 0 aliphatic carbocycles. The van der Waals surface area contributed by atoms with Crippen LogP contribution >= 0.6 is 23.2 Å². The van der Waals surface area contributed by atoms with Crippen LogP contribution in [0.1, 0.15) is 29.9 Å². The Bertz CT molecular complexity index is 551. The molecule has 0 saturated heterocycles. The molecule has 4 heteroatoms. The molecule has 0 aliphatic heterocycles. The van der Waals surface area contributed by atoms with Crippen molar-refractivity contribution in [2.75, 3.05) is 6.54 Å². The summed E-state index contributed by atoms with van der Waals surface area (Å²) in [6.45, 7) is 5.02. The first kappa shape index (κ1) is 14.4. The molecular weight excluding hydrogens is 281 g/mol. The van der Waals surface area contributed by atoms with Gasteiger partial charge in [0.25, 0.3) is 0 Å². The highest BCUT2D eigenvalue weighted by Gasteiger charge is 2.17. The highest BCUT2D eigenvalue weighted by atomic mass is 35.5. The van der Waals surface area contributed by atoms with E-state index in [0.717, 1.165) is 29.9 Å². The summed E-state index contributed by atoms with van der Waals surface area (Å²) in [4.78, 5) is 0. The van der Waals surface area contributed by atoms with Crippen LogP contribution in [0.5, 0.6) is 0 Å². The van der Waals surface area contributed by atoms with Gasteiger partial charge in [-0.25, -0.2) is 0 Å². The lowest BCUT2D eigenvalue weighted by Gasteiger charge is -2.17. The summed E-state index contributed by atoms with van der Waals surface area (Å²) >= 11 is 12.0. The lowest BCUT2D eigenvalue weighted by atomic mass is 10.0. The van der Waals surface area contributed by atoms with Gasteiger partial charge in [-0.05, 0) is 49.2 Å². The second-order valence-corrected chi connectivity index (χ2v) is 5.35. The molecule has 0 fully saturated rings. The smallest absolute Gasteiger partial charge is 0.123 e. The summed E-state index contributed by atoms with van der Waals surface area (Å²) in [5.41, 5.74) is 2.29. The van der Waals surface area contributed by atoms with E-state index in [1.165, 1.54) is 0 Å². The zero-order valence-electron chi connectivity index (χ0n) is 11.0. The number of furan rings is 1. The maximum Gasteiger partial charge on any atom is 0.123 e. The number of nitrogens with one attached hydrogen (secondary N) is 1. The Hall–Kier alpha value is -0.960. The quantitative estimate of drug-likeness (QED) is 0.858. The highest BCUT2D eigenvalue weighted by molar-refractivity contribution is 6.42. The van der Waals surface area contributed by atoms with Crippen molar-refractivity contribution < 1.29 is 4.42 Å². The van der Waals surface area contributed by atoms with Crippen molar-refractivity contribution in [1.29, 1.82) is 0 Å². The van der Waals surface area contributed by atoms with Gasteiger partial charge in [-0.1, -0.05) is 36.2 Å². The summed E-state index contributed by atoms with van der Waals surface area (Å²) < 4.78 is 5.58. The lowest BCUT2D eigenvalue weighted by Crippen LogP contribution is -2.23. The number of aryl methyl sites for hydroxylation is 1. The van der Waals surface area contributed by atoms with Crippen molar-refractivity contribution in [2.45, 2.75) is 26.3 Å². The van der Waals surface area contributed by atoms with E-state index in [1.54, 1.807) is 6.26 Å². The average Bonchev–Trinajstić information content (AvgIpc) is 2.79. The molecule has 1 atom stereocenters. The molecule has 2 rings (SSSR count). The summed E-state index contributed by atoms with van der Waals surface area (Å²) in [5, 5.41) is 4.61. The molecule has 2 nitrogen and oxygen atoms in total. The van der Waals surface area contributed by atoms with Crippen LogP contribution in [0.4, 0.5) is 0 Å². The first-order chi connectivity index (χ1) is 9.11. The van der Waals surface area contributed by atoms with Gasteiger partial charge in [0.15, 0.2) is 0 Å². The van der Waals surface area contributed by atoms with Gasteiger partial charge in [0, 0.05) is 0 Å². The van der Waals surface area contributed by atoms with Gasteiger partial charge >= 0.3 is 0 Å². The van der Waals surface area contributed by atoms with Gasteiger partial charge in [-0.3, -0.25) is 0 Å². The maximum atomic E-state index is 6.05. The summed E-state index contributed by atoms with van der Waals surface area (Å²) in [6, 6.07) is 7.87. The van der Waals surface area contributed by atoms with Crippen molar-refractivity contribution in [2.24, 2.45) is 0 Å². The Morgan fingerprint density at radius 3 is 2.58 bits per heavy atom. The van der Waals surface area contributed by atoms with Crippen LogP contribution < -0.4 is 5.32 Å². The highest BCUT2D eigenvalue weighted by Crippen LogP contribution is 2.27. The molecule has 1 aromatic carbocycles. The van der Waals surface area contributed by atoms with Gasteiger partial charge in [0.1, 0.15) is 5.76 Å². The normalized spacial score (nSPS) is 12.6. The standard InChI is InChI=1S/C15H17Cl2NO/c1-3-18-14(15-10(2)6-7-19-15)9-11-4-5-12(16)13(17)8-11/h4-8,14,18H,3,9H2,1-2H3. The van der Waals surface area contributed by atoms with Crippen molar-refractivity contribution in [3.8, 4) is 0 Å². The Labute approximate surface area is 123 Å². The van der Waals surface area contributed by atoms with Gasteiger partial charge in [-0.15, -0.1) is 0 Å². The van der Waals surface area contributed by atoms with Crippen molar-refractivity contribution in [3.63, 3.8) is 0 Å². The minimum Gasteiger partial charge on any atom is -0.467 e. The molecule has 0 aliphatic rings. The second kappa shape index (κ2) is 6.47. The molecule has 1 heterocycles. The van der Waals surface area contributed by atoms with Gasteiger partial charge in [-0.2, -0.15) is 0 Å². The van der Waals surface area contributed by atoms with Crippen molar-refractivity contribution in [3.05, 3.63) is 57.5 Å². The zero-order valence-corrected chi connectivity index (χ0v) is 12.6. The molecule has 0 spiro atoms. The summed E-state index contributed by atoms with van der Waals surface area (Å²) in [6.07, 6.45) is 2.54. The Morgan fingerprint density at radius 1 is 1.21 bits per heavy atom. The van der Waals surface area contributed by atoms with E-state index in [2.05, 4.69) is 19.2 Å². The number of halogens is 2. The van der Waals surface area contributed by atoms with E-state index in [1.807, 2.05) is 24.3 Å². The van der Waals surface area contributed by atoms with E-state index in [0.29, 0.717) is 10.0 Å². The van der Waals surface area contributed by atoms with Crippen LogP contribution in [0.25, 0.3) is 0 Å². The predicted molar refractivity (Wildman–Crippen MR) is 80.0 cm³/mol. The van der Waals surface area contributed by atoms with Gasteiger partial charge in [0.2, 0.25) is 0 Å². The van der Waals surface area contributed by atoms with Crippen LogP contribution in [0.2, 0.25) is 10.0 Å². The number of rotatable bonds is 5. The molecule has 19 heavy (non-hydrogen) atoms. The number of hydrogen-bond acceptors (Lipinski definition) is 2. The monoisotopic (exact) mass is 297 g/mol. The van der Waals surface area contributed by atoms with Crippen LogP contribution in [-0.4, -0.2) is 6.54 Å². The lowest BCUT2D eigenvalue weighted by molar-refractivity contribution is 0.413. The minimum atomic E-state index is 0.150. The fourth-order valence-corrected chi connectivity index (χ4v) is 2.47. The number of likely N-dealkylation sites (N-methyl/N-ethyl adjacent to an activating group) is 1. The molecule has 0 saturated carbocycles. The average molecular weight is 298 g/mol. The van der Waals surface area contributed by atoms with Crippen LogP contribution in [0.3, 0.4) is 0 Å². The molecule has 0 bridgehead atoms. The first-order valence-corrected chi connectivity index (χ1v) is 7.08. The van der Waals surface area contributed by atoms with E-state index in [9.17, 15) is 0 Å². The van der Waals surface area contributed by atoms with E-state index >= 15 is 0 Å². The number of hydrogen-bond donors (Lipinski definition) is 1. The molecule has 2 aromatic rings. The second-order valence-electron chi connectivity index (χ2n) is 4.53. The third-order valence-corrected chi connectivity index (χ3v) is 3.83. The molecule has 1 N–H and O–H groups in total. The minimum absolute atomic E-state index is 0.150. The SMILES string of the molecule is CCNC(Cc1ccc(Cl)c(Cl)c1)c1occc1C. The Balaban J connectivity index is 2.21. The number of benzene rings is 1. The zero-order chi connectivity index (χ0) is 13.8. The van der Waals surface area contributed by atoms with E-state index in [4.69, 9.17) is 27.6 Å². The van der Waals surface area contributed by atoms with Crippen LogP contribution in [-0.2, 0) is 6.42 Å². The largest absolute Gasteiger partial charge is 0.467 e. The molecule has 102 valence electrons. The molecule has 1 unspecified atom stereocenters. The fourth-order valence-electron chi connectivity index (χ4n) is 2.15. The molecular formula is C15H17Cl2NO. The van der Waals surface area contributed by atoms with Crippen LogP contribution in [0.15, 0.2) is 34.9 Å². The third kappa shape index (κ3) is 3.53. The molecule has 0 amide bonds. The third-order valence-electron chi connectivity index (χ3n) is 3.09. The maximum absolute atomic E-state index is 6.05. The van der Waals surface area contributed by atoms with E-state index in [-0.39, 0.29) is 6.04 Å². The van der Waals surface area contributed by atoms with Gasteiger partial charge in [0.05, 0.1) is 22.4 Å². The topological polar surface area (TPSA) is 25.2 Å². The fraction of sp³-hybridized carbons (Fsp3) is 0.333.